The number of halogens is 2. The lowest BCUT2D eigenvalue weighted by atomic mass is 10.2. The molecule has 2 rings (SSSR count). The van der Waals surface area contributed by atoms with E-state index in [0.29, 0.717) is 6.42 Å². The molecule has 0 N–H and O–H groups in total. The standard InChI is InChI=1S/C9H5Br2NOS2/c10-5-3-7(15-9(5)11)6(13)4-8-12-1-2-14-8/h1-3H,4H2. The first kappa shape index (κ1) is 11.4. The van der Waals surface area contributed by atoms with E-state index >= 15 is 0 Å². The predicted molar refractivity (Wildman–Crippen MR) is 69.9 cm³/mol. The fraction of sp³-hybridized carbons (Fsp3) is 0.111. The minimum Gasteiger partial charge on any atom is -0.293 e. The summed E-state index contributed by atoms with van der Waals surface area (Å²) < 4.78 is 1.87. The summed E-state index contributed by atoms with van der Waals surface area (Å²) >= 11 is 9.68. The topological polar surface area (TPSA) is 30.0 Å². The summed E-state index contributed by atoms with van der Waals surface area (Å²) in [4.78, 5) is 16.7. The monoisotopic (exact) mass is 365 g/mol. The minimum absolute atomic E-state index is 0.112. The molecule has 0 unspecified atom stereocenters. The van der Waals surface area contributed by atoms with Crippen molar-refractivity contribution < 1.29 is 4.79 Å². The second kappa shape index (κ2) is 4.86. The van der Waals surface area contributed by atoms with Crippen LogP contribution < -0.4 is 0 Å². The zero-order chi connectivity index (χ0) is 10.8. The van der Waals surface area contributed by atoms with Crippen molar-refractivity contribution in [2.75, 3.05) is 0 Å². The van der Waals surface area contributed by atoms with Gasteiger partial charge in [-0.15, -0.1) is 22.7 Å². The van der Waals surface area contributed by atoms with E-state index in [-0.39, 0.29) is 5.78 Å². The molecule has 0 saturated heterocycles. The van der Waals surface area contributed by atoms with Crippen LogP contribution in [0.15, 0.2) is 25.9 Å². The average molecular weight is 367 g/mol. The SMILES string of the molecule is O=C(Cc1nccs1)c1cc(Br)c(Br)s1. The second-order valence-corrected chi connectivity index (χ2v) is 6.96. The number of Topliss-reactive ketones (excluding diaryl/α,β-unsaturated/α-hetero) is 1. The summed E-state index contributed by atoms with van der Waals surface area (Å²) in [5.41, 5.74) is 0. The normalized spacial score (nSPS) is 10.5. The van der Waals surface area contributed by atoms with Crippen LogP contribution in [0.4, 0.5) is 0 Å². The van der Waals surface area contributed by atoms with Crippen molar-refractivity contribution >= 4 is 60.3 Å². The molecule has 0 bridgehead atoms. The van der Waals surface area contributed by atoms with E-state index in [9.17, 15) is 4.79 Å². The molecule has 0 aliphatic carbocycles. The lowest BCUT2D eigenvalue weighted by Crippen LogP contribution is -2.00. The number of thiophene rings is 1. The maximum atomic E-state index is 11.8. The van der Waals surface area contributed by atoms with Gasteiger partial charge < -0.3 is 0 Å². The maximum Gasteiger partial charge on any atom is 0.179 e. The van der Waals surface area contributed by atoms with Gasteiger partial charge in [0.15, 0.2) is 5.78 Å². The zero-order valence-corrected chi connectivity index (χ0v) is 12.2. The summed E-state index contributed by atoms with van der Waals surface area (Å²) in [5.74, 6) is 0.112. The average Bonchev–Trinajstić information content (AvgIpc) is 2.78. The van der Waals surface area contributed by atoms with Crippen LogP contribution in [0, 0.1) is 0 Å². The minimum atomic E-state index is 0.112. The summed E-state index contributed by atoms with van der Waals surface area (Å²) in [6, 6.07) is 1.84. The van der Waals surface area contributed by atoms with Crippen LogP contribution in [0.25, 0.3) is 0 Å². The van der Waals surface area contributed by atoms with Crippen molar-refractivity contribution in [3.05, 3.63) is 35.8 Å². The Morgan fingerprint density at radius 3 is 2.80 bits per heavy atom. The molecular weight excluding hydrogens is 362 g/mol. The van der Waals surface area contributed by atoms with Crippen LogP contribution in [0.3, 0.4) is 0 Å². The number of nitrogens with zero attached hydrogens (tertiary/aromatic N) is 1. The van der Waals surface area contributed by atoms with Gasteiger partial charge in [0.05, 0.1) is 15.1 Å². The van der Waals surface area contributed by atoms with E-state index in [1.165, 1.54) is 22.7 Å². The van der Waals surface area contributed by atoms with Crippen molar-refractivity contribution in [2.24, 2.45) is 0 Å². The van der Waals surface area contributed by atoms with Crippen molar-refractivity contribution in [1.82, 2.24) is 4.98 Å². The van der Waals surface area contributed by atoms with Gasteiger partial charge in [0.25, 0.3) is 0 Å². The first-order valence-electron chi connectivity index (χ1n) is 4.03. The zero-order valence-electron chi connectivity index (χ0n) is 7.37. The number of thiazole rings is 1. The summed E-state index contributed by atoms with van der Waals surface area (Å²) in [6.45, 7) is 0. The highest BCUT2D eigenvalue weighted by molar-refractivity contribution is 9.13. The molecule has 0 aliphatic heterocycles. The highest BCUT2D eigenvalue weighted by atomic mass is 79.9. The third-order valence-corrected chi connectivity index (χ3v) is 5.79. The van der Waals surface area contributed by atoms with Crippen LogP contribution in [0.1, 0.15) is 14.7 Å². The number of ketones is 1. The molecule has 2 heterocycles. The van der Waals surface area contributed by atoms with Crippen molar-refractivity contribution in [2.45, 2.75) is 6.42 Å². The molecule has 0 saturated carbocycles. The molecule has 0 atom stereocenters. The van der Waals surface area contributed by atoms with Gasteiger partial charge in [-0.3, -0.25) is 4.79 Å². The number of carbonyl (C=O) groups excluding carboxylic acids is 1. The summed E-state index contributed by atoms with van der Waals surface area (Å²) in [6.07, 6.45) is 2.10. The molecule has 2 aromatic heterocycles. The summed E-state index contributed by atoms with van der Waals surface area (Å²) in [7, 11) is 0. The van der Waals surface area contributed by atoms with Crippen molar-refractivity contribution in [1.29, 1.82) is 0 Å². The third-order valence-electron chi connectivity index (χ3n) is 1.72. The Morgan fingerprint density at radius 1 is 1.47 bits per heavy atom. The molecule has 0 aromatic carbocycles. The van der Waals surface area contributed by atoms with Gasteiger partial charge >= 0.3 is 0 Å². The number of rotatable bonds is 3. The van der Waals surface area contributed by atoms with E-state index < -0.39 is 0 Å². The molecule has 0 amide bonds. The van der Waals surface area contributed by atoms with Gasteiger partial charge in [-0.1, -0.05) is 0 Å². The lowest BCUT2D eigenvalue weighted by molar-refractivity contribution is 0.0996. The Morgan fingerprint density at radius 2 is 2.27 bits per heavy atom. The van der Waals surface area contributed by atoms with Gasteiger partial charge in [-0.25, -0.2) is 4.98 Å². The number of aromatic nitrogens is 1. The van der Waals surface area contributed by atoms with Gasteiger partial charge in [0.1, 0.15) is 5.01 Å². The maximum absolute atomic E-state index is 11.8. The van der Waals surface area contributed by atoms with E-state index in [1.54, 1.807) is 6.20 Å². The van der Waals surface area contributed by atoms with Crippen LogP contribution in [0.5, 0.6) is 0 Å². The number of carbonyl (C=O) groups is 1. The van der Waals surface area contributed by atoms with E-state index in [0.717, 1.165) is 18.1 Å². The molecule has 15 heavy (non-hydrogen) atoms. The summed E-state index contributed by atoms with van der Waals surface area (Å²) in [5, 5.41) is 2.74. The highest BCUT2D eigenvalue weighted by Gasteiger charge is 2.13. The Balaban J connectivity index is 2.15. The molecule has 0 fully saturated rings. The van der Waals surface area contributed by atoms with E-state index in [4.69, 9.17) is 0 Å². The van der Waals surface area contributed by atoms with Crippen LogP contribution in [-0.4, -0.2) is 10.8 Å². The smallest absolute Gasteiger partial charge is 0.179 e. The third kappa shape index (κ3) is 2.75. The van der Waals surface area contributed by atoms with E-state index in [2.05, 4.69) is 36.8 Å². The van der Waals surface area contributed by atoms with Crippen LogP contribution in [-0.2, 0) is 6.42 Å². The quantitative estimate of drug-likeness (QED) is 0.763. The van der Waals surface area contributed by atoms with Gasteiger partial charge in [0.2, 0.25) is 0 Å². The first-order chi connectivity index (χ1) is 7.16. The van der Waals surface area contributed by atoms with Gasteiger partial charge in [-0.2, -0.15) is 0 Å². The Kier molecular flexibility index (Phi) is 3.71. The second-order valence-electron chi connectivity index (χ2n) is 2.76. The highest BCUT2D eigenvalue weighted by Crippen LogP contribution is 2.33. The molecule has 0 radical (unpaired) electrons. The van der Waals surface area contributed by atoms with Gasteiger partial charge in [-0.05, 0) is 37.9 Å². The molecule has 6 heteroatoms. The van der Waals surface area contributed by atoms with E-state index in [1.807, 2.05) is 11.4 Å². The Labute approximate surface area is 112 Å². The molecule has 2 nitrogen and oxygen atoms in total. The fourth-order valence-electron chi connectivity index (χ4n) is 1.05. The molecule has 2 aromatic rings. The largest absolute Gasteiger partial charge is 0.293 e. The van der Waals surface area contributed by atoms with Crippen LogP contribution >= 0.6 is 54.5 Å². The predicted octanol–water partition coefficient (Wildman–Crippen LogP) is 4.16. The van der Waals surface area contributed by atoms with Crippen LogP contribution in [0.2, 0.25) is 0 Å². The molecule has 0 aliphatic rings. The lowest BCUT2D eigenvalue weighted by Gasteiger charge is -1.92. The molecular formula is C9H5Br2NOS2. The first-order valence-corrected chi connectivity index (χ1v) is 7.31. The molecule has 78 valence electrons. The number of hydrogen-bond acceptors (Lipinski definition) is 4. The van der Waals surface area contributed by atoms with Gasteiger partial charge in [0, 0.05) is 16.0 Å². The Bertz CT molecular complexity index is 459. The number of hydrogen-bond donors (Lipinski definition) is 0. The Hall–Kier alpha value is -0.0400. The fourth-order valence-corrected chi connectivity index (χ4v) is 3.64. The molecule has 0 spiro atoms. The van der Waals surface area contributed by atoms with Crippen molar-refractivity contribution in [3.63, 3.8) is 0 Å². The van der Waals surface area contributed by atoms with Crippen molar-refractivity contribution in [3.8, 4) is 0 Å².